The fourth-order valence-corrected chi connectivity index (χ4v) is 1.95. The molecule has 2 rings (SSSR count). The lowest BCUT2D eigenvalue weighted by atomic mass is 10.0. The van der Waals surface area contributed by atoms with Gasteiger partial charge < -0.3 is 0 Å². The van der Waals surface area contributed by atoms with E-state index >= 15 is 0 Å². The minimum absolute atomic E-state index is 0.742. The molecule has 1 nitrogen and oxygen atoms in total. The first-order chi connectivity index (χ1) is 8.28. The molecule has 17 heavy (non-hydrogen) atoms. The first kappa shape index (κ1) is 11.4. The van der Waals surface area contributed by atoms with Crippen LogP contribution in [0, 0.1) is 18.3 Å². The number of nitriles is 1. The van der Waals surface area contributed by atoms with E-state index in [1.54, 1.807) is 0 Å². The average molecular weight is 221 g/mol. The lowest BCUT2D eigenvalue weighted by molar-refractivity contribution is 0.957. The third-order valence-electron chi connectivity index (χ3n) is 2.84. The third-order valence-corrected chi connectivity index (χ3v) is 2.84. The molecule has 2 aromatic rings. The van der Waals surface area contributed by atoms with Crippen LogP contribution in [0.15, 0.2) is 48.5 Å². The molecular formula is C16H15N. The second kappa shape index (κ2) is 5.32. The summed E-state index contributed by atoms with van der Waals surface area (Å²) in [4.78, 5) is 0. The molecular weight excluding hydrogens is 206 g/mol. The zero-order valence-corrected chi connectivity index (χ0v) is 9.98. The van der Waals surface area contributed by atoms with E-state index in [1.165, 1.54) is 16.7 Å². The van der Waals surface area contributed by atoms with Gasteiger partial charge in [-0.25, -0.2) is 0 Å². The van der Waals surface area contributed by atoms with Crippen molar-refractivity contribution in [3.63, 3.8) is 0 Å². The number of benzene rings is 2. The van der Waals surface area contributed by atoms with Crippen LogP contribution in [-0.2, 0) is 12.8 Å². The normalized spacial score (nSPS) is 9.88. The van der Waals surface area contributed by atoms with Gasteiger partial charge in [0, 0.05) is 0 Å². The van der Waals surface area contributed by atoms with Gasteiger partial charge in [0.05, 0.1) is 11.6 Å². The Bertz CT molecular complexity index is 549. The second-order valence-corrected chi connectivity index (χ2v) is 4.30. The Morgan fingerprint density at radius 1 is 0.941 bits per heavy atom. The summed E-state index contributed by atoms with van der Waals surface area (Å²) < 4.78 is 0. The minimum atomic E-state index is 0.742. The lowest BCUT2D eigenvalue weighted by Gasteiger charge is -2.03. The molecule has 0 fully saturated rings. The van der Waals surface area contributed by atoms with Crippen LogP contribution in [-0.4, -0.2) is 0 Å². The molecule has 0 aliphatic carbocycles. The molecule has 0 aliphatic rings. The molecule has 84 valence electrons. The summed E-state index contributed by atoms with van der Waals surface area (Å²) in [6, 6.07) is 18.6. The summed E-state index contributed by atoms with van der Waals surface area (Å²) in [5.74, 6) is 0. The predicted molar refractivity (Wildman–Crippen MR) is 69.7 cm³/mol. The van der Waals surface area contributed by atoms with E-state index in [1.807, 2.05) is 18.2 Å². The number of rotatable bonds is 3. The van der Waals surface area contributed by atoms with E-state index in [-0.39, 0.29) is 0 Å². The van der Waals surface area contributed by atoms with Crippen LogP contribution in [0.5, 0.6) is 0 Å². The highest BCUT2D eigenvalue weighted by molar-refractivity contribution is 5.33. The van der Waals surface area contributed by atoms with E-state index in [4.69, 9.17) is 5.26 Å². The Morgan fingerprint density at radius 3 is 2.24 bits per heavy atom. The van der Waals surface area contributed by atoms with Crippen molar-refractivity contribution < 1.29 is 0 Å². The van der Waals surface area contributed by atoms with Gasteiger partial charge in [0.1, 0.15) is 0 Å². The van der Waals surface area contributed by atoms with Crippen molar-refractivity contribution in [2.24, 2.45) is 0 Å². The van der Waals surface area contributed by atoms with Gasteiger partial charge in [-0.1, -0.05) is 42.0 Å². The maximum atomic E-state index is 8.83. The molecule has 0 spiro atoms. The number of hydrogen-bond donors (Lipinski definition) is 0. The van der Waals surface area contributed by atoms with E-state index in [0.717, 1.165) is 18.4 Å². The van der Waals surface area contributed by atoms with Crippen LogP contribution >= 0.6 is 0 Å². The molecule has 0 bridgehead atoms. The first-order valence-electron chi connectivity index (χ1n) is 5.82. The van der Waals surface area contributed by atoms with Crippen molar-refractivity contribution in [2.75, 3.05) is 0 Å². The maximum absolute atomic E-state index is 8.83. The molecule has 0 saturated carbocycles. The smallest absolute Gasteiger partial charge is 0.0991 e. The summed E-state index contributed by atoms with van der Waals surface area (Å²) in [6.07, 6.45) is 2.01. The molecule has 0 atom stereocenters. The molecule has 0 aromatic heterocycles. The van der Waals surface area contributed by atoms with Crippen molar-refractivity contribution in [1.29, 1.82) is 5.26 Å². The third kappa shape index (κ3) is 3.19. The van der Waals surface area contributed by atoms with Crippen LogP contribution < -0.4 is 0 Å². The van der Waals surface area contributed by atoms with Gasteiger partial charge in [0.2, 0.25) is 0 Å². The molecule has 0 aliphatic heterocycles. The fourth-order valence-electron chi connectivity index (χ4n) is 1.95. The van der Waals surface area contributed by atoms with Gasteiger partial charge in [-0.15, -0.1) is 0 Å². The largest absolute Gasteiger partial charge is 0.192 e. The van der Waals surface area contributed by atoms with Crippen molar-refractivity contribution in [3.05, 3.63) is 70.8 Å². The van der Waals surface area contributed by atoms with E-state index < -0.39 is 0 Å². The molecule has 0 saturated heterocycles. The van der Waals surface area contributed by atoms with Crippen LogP contribution in [0.25, 0.3) is 0 Å². The van der Waals surface area contributed by atoms with Gasteiger partial charge in [0.25, 0.3) is 0 Å². The highest BCUT2D eigenvalue weighted by Crippen LogP contribution is 2.10. The summed E-state index contributed by atoms with van der Waals surface area (Å²) in [5, 5.41) is 8.83. The Labute approximate surface area is 102 Å². The van der Waals surface area contributed by atoms with Crippen LogP contribution in [0.3, 0.4) is 0 Å². The Kier molecular flexibility index (Phi) is 3.57. The van der Waals surface area contributed by atoms with Crippen molar-refractivity contribution in [1.82, 2.24) is 0 Å². The summed E-state index contributed by atoms with van der Waals surface area (Å²) in [5.41, 5.74) is 4.62. The minimum Gasteiger partial charge on any atom is -0.192 e. The van der Waals surface area contributed by atoms with Crippen LogP contribution in [0.1, 0.15) is 22.3 Å². The summed E-state index contributed by atoms with van der Waals surface area (Å²) in [7, 11) is 0. The number of nitrogens with zero attached hydrogens (tertiary/aromatic N) is 1. The van der Waals surface area contributed by atoms with Crippen LogP contribution in [0.4, 0.5) is 0 Å². The van der Waals surface area contributed by atoms with Gasteiger partial charge in [-0.05, 0) is 43.0 Å². The van der Waals surface area contributed by atoms with E-state index in [0.29, 0.717) is 0 Å². The summed E-state index contributed by atoms with van der Waals surface area (Å²) >= 11 is 0. The lowest BCUT2D eigenvalue weighted by Crippen LogP contribution is -1.92. The zero-order valence-electron chi connectivity index (χ0n) is 9.98. The number of aryl methyl sites for hydroxylation is 3. The van der Waals surface area contributed by atoms with E-state index in [2.05, 4.69) is 43.3 Å². The van der Waals surface area contributed by atoms with Gasteiger partial charge in [-0.2, -0.15) is 5.26 Å². The molecule has 0 unspecified atom stereocenters. The molecule has 1 heteroatoms. The van der Waals surface area contributed by atoms with Gasteiger partial charge in [0.15, 0.2) is 0 Å². The van der Waals surface area contributed by atoms with Gasteiger partial charge >= 0.3 is 0 Å². The summed E-state index contributed by atoms with van der Waals surface area (Å²) in [6.45, 7) is 2.11. The molecule has 2 aromatic carbocycles. The van der Waals surface area contributed by atoms with Gasteiger partial charge in [-0.3, -0.25) is 0 Å². The topological polar surface area (TPSA) is 23.8 Å². The quantitative estimate of drug-likeness (QED) is 0.776. The molecule has 0 amide bonds. The average Bonchev–Trinajstić information content (AvgIpc) is 2.37. The van der Waals surface area contributed by atoms with Crippen molar-refractivity contribution >= 4 is 0 Å². The predicted octanol–water partition coefficient (Wildman–Crippen LogP) is 3.65. The number of hydrogen-bond acceptors (Lipinski definition) is 1. The Morgan fingerprint density at radius 2 is 1.59 bits per heavy atom. The standard InChI is InChI=1S/C16H15N/c1-13-4-2-5-14(10-13)8-9-15-6-3-7-16(11-15)12-17/h2-7,10-11H,8-9H2,1H3. The highest BCUT2D eigenvalue weighted by atomic mass is 14.2. The molecule has 0 heterocycles. The second-order valence-electron chi connectivity index (χ2n) is 4.30. The zero-order chi connectivity index (χ0) is 12.1. The highest BCUT2D eigenvalue weighted by Gasteiger charge is 1.97. The monoisotopic (exact) mass is 221 g/mol. The van der Waals surface area contributed by atoms with E-state index in [9.17, 15) is 0 Å². The maximum Gasteiger partial charge on any atom is 0.0991 e. The SMILES string of the molecule is Cc1cccc(CCc2cccc(C#N)c2)c1. The first-order valence-corrected chi connectivity index (χ1v) is 5.82. The Hall–Kier alpha value is -2.07. The van der Waals surface area contributed by atoms with Crippen molar-refractivity contribution in [2.45, 2.75) is 19.8 Å². The molecule has 0 radical (unpaired) electrons. The molecule has 0 N–H and O–H groups in total. The Balaban J connectivity index is 2.05. The van der Waals surface area contributed by atoms with Crippen LogP contribution in [0.2, 0.25) is 0 Å². The van der Waals surface area contributed by atoms with Crippen molar-refractivity contribution in [3.8, 4) is 6.07 Å². The fraction of sp³-hybridized carbons (Fsp3) is 0.188.